The fourth-order valence-electron chi connectivity index (χ4n) is 4.60. The Hall–Kier alpha value is -1.92. The maximum atomic E-state index is 12.4. The molecule has 0 unspecified atom stereocenters. The molecule has 6 heteroatoms. The molecule has 1 N–H and O–H groups in total. The van der Waals surface area contributed by atoms with Crippen molar-refractivity contribution in [3.63, 3.8) is 0 Å². The molecule has 6 nitrogen and oxygen atoms in total. The maximum Gasteiger partial charge on any atom is 0.251 e. The number of piperazine rings is 1. The van der Waals surface area contributed by atoms with Gasteiger partial charge in [-0.1, -0.05) is 44.2 Å². The number of benzene rings is 1. The van der Waals surface area contributed by atoms with Crippen molar-refractivity contribution in [2.45, 2.75) is 64.0 Å². The number of ether oxygens (including phenoxy) is 1. The van der Waals surface area contributed by atoms with E-state index >= 15 is 0 Å². The minimum absolute atomic E-state index is 0.0137. The van der Waals surface area contributed by atoms with E-state index < -0.39 is 0 Å². The normalized spacial score (nSPS) is 21.4. The highest BCUT2D eigenvalue weighted by atomic mass is 16.5. The average Bonchev–Trinajstić information content (AvgIpc) is 3.27. The van der Waals surface area contributed by atoms with Crippen LogP contribution in [0, 0.1) is 0 Å². The molecule has 2 aliphatic rings. The van der Waals surface area contributed by atoms with Crippen molar-refractivity contribution in [1.82, 2.24) is 15.1 Å². The van der Waals surface area contributed by atoms with E-state index in [4.69, 9.17) is 4.74 Å². The molecule has 0 aliphatic carbocycles. The largest absolute Gasteiger partial charge is 0.368 e. The molecule has 2 atom stereocenters. The SMILES string of the molecule is C[C@H](CC(C)(C)c1ccccc1)NC(=O)CCN1CCN(C(=O)[C@@H]2CCCO2)CC1. The zero-order chi connectivity index (χ0) is 21.6. The molecule has 30 heavy (non-hydrogen) atoms. The fraction of sp³-hybridized carbons (Fsp3) is 0.667. The number of carbonyl (C=O) groups excluding carboxylic acids is 2. The lowest BCUT2D eigenvalue weighted by Gasteiger charge is -2.35. The van der Waals surface area contributed by atoms with E-state index in [0.717, 1.165) is 52.0 Å². The highest BCUT2D eigenvalue weighted by Gasteiger charge is 2.30. The van der Waals surface area contributed by atoms with Crippen molar-refractivity contribution in [3.05, 3.63) is 35.9 Å². The molecule has 0 aromatic heterocycles. The number of hydrogen-bond acceptors (Lipinski definition) is 4. The van der Waals surface area contributed by atoms with E-state index in [2.05, 4.69) is 55.3 Å². The van der Waals surface area contributed by atoms with Gasteiger partial charge in [-0.15, -0.1) is 0 Å². The van der Waals surface area contributed by atoms with Crippen molar-refractivity contribution in [3.8, 4) is 0 Å². The molecule has 2 heterocycles. The van der Waals surface area contributed by atoms with Crippen LogP contribution < -0.4 is 5.32 Å². The Morgan fingerprint density at radius 2 is 1.87 bits per heavy atom. The highest BCUT2D eigenvalue weighted by molar-refractivity contribution is 5.81. The zero-order valence-electron chi connectivity index (χ0n) is 18.7. The second-order valence-electron chi connectivity index (χ2n) is 9.34. The Kier molecular flexibility index (Phi) is 7.89. The van der Waals surface area contributed by atoms with Crippen LogP contribution in [-0.4, -0.2) is 73.1 Å². The van der Waals surface area contributed by atoms with Gasteiger partial charge in [0.15, 0.2) is 0 Å². The third-order valence-corrected chi connectivity index (χ3v) is 6.32. The Bertz CT molecular complexity index is 693. The first-order valence-electron chi connectivity index (χ1n) is 11.3. The summed E-state index contributed by atoms with van der Waals surface area (Å²) in [5.74, 6) is 0.240. The molecule has 0 radical (unpaired) electrons. The van der Waals surface area contributed by atoms with Crippen LogP contribution in [0.25, 0.3) is 0 Å². The van der Waals surface area contributed by atoms with Crippen LogP contribution in [0.2, 0.25) is 0 Å². The predicted octanol–water partition coefficient (Wildman–Crippen LogP) is 2.57. The number of rotatable bonds is 8. The van der Waals surface area contributed by atoms with Crippen molar-refractivity contribution in [1.29, 1.82) is 0 Å². The van der Waals surface area contributed by atoms with E-state index in [0.29, 0.717) is 13.0 Å². The van der Waals surface area contributed by atoms with Gasteiger partial charge in [0.2, 0.25) is 5.91 Å². The number of hydrogen-bond donors (Lipinski definition) is 1. The topological polar surface area (TPSA) is 61.9 Å². The molecular weight excluding hydrogens is 378 g/mol. The van der Waals surface area contributed by atoms with Gasteiger partial charge in [0.05, 0.1) is 0 Å². The van der Waals surface area contributed by atoms with Gasteiger partial charge in [0.25, 0.3) is 5.91 Å². The lowest BCUT2D eigenvalue weighted by Crippen LogP contribution is -2.51. The molecule has 0 saturated carbocycles. The first-order valence-corrected chi connectivity index (χ1v) is 11.3. The van der Waals surface area contributed by atoms with Gasteiger partial charge in [-0.25, -0.2) is 0 Å². The van der Waals surface area contributed by atoms with Crippen LogP contribution in [0.5, 0.6) is 0 Å². The fourth-order valence-corrected chi connectivity index (χ4v) is 4.60. The maximum absolute atomic E-state index is 12.4. The van der Waals surface area contributed by atoms with Crippen LogP contribution in [-0.2, 0) is 19.7 Å². The van der Waals surface area contributed by atoms with Crippen molar-refractivity contribution in [2.75, 3.05) is 39.3 Å². The number of carbonyl (C=O) groups is 2. The summed E-state index contributed by atoms with van der Waals surface area (Å²) >= 11 is 0. The number of nitrogens with one attached hydrogen (secondary N) is 1. The standard InChI is InChI=1S/C24H37N3O3/c1-19(18-24(2,3)20-8-5-4-6-9-20)25-22(28)11-12-26-13-15-27(16-14-26)23(29)21-10-7-17-30-21/h4-6,8-9,19,21H,7,10-18H2,1-3H3,(H,25,28)/t19-,21+/m1/s1. The summed E-state index contributed by atoms with van der Waals surface area (Å²) in [6.07, 6.45) is 2.98. The van der Waals surface area contributed by atoms with Crippen LogP contribution in [0.3, 0.4) is 0 Å². The first-order chi connectivity index (χ1) is 14.3. The molecular formula is C24H37N3O3. The number of amides is 2. The lowest BCUT2D eigenvalue weighted by molar-refractivity contribution is -0.142. The molecule has 2 saturated heterocycles. The Morgan fingerprint density at radius 3 is 2.50 bits per heavy atom. The molecule has 0 bridgehead atoms. The third-order valence-electron chi connectivity index (χ3n) is 6.32. The van der Waals surface area contributed by atoms with E-state index in [1.807, 2.05) is 11.0 Å². The first kappa shape index (κ1) is 22.8. The number of nitrogens with zero attached hydrogens (tertiary/aromatic N) is 2. The van der Waals surface area contributed by atoms with E-state index in [1.54, 1.807) is 0 Å². The Morgan fingerprint density at radius 1 is 1.17 bits per heavy atom. The summed E-state index contributed by atoms with van der Waals surface area (Å²) in [7, 11) is 0. The van der Waals surface area contributed by atoms with Crippen LogP contribution >= 0.6 is 0 Å². The molecule has 3 rings (SSSR count). The van der Waals surface area contributed by atoms with Crippen molar-refractivity contribution < 1.29 is 14.3 Å². The minimum Gasteiger partial charge on any atom is -0.368 e. The van der Waals surface area contributed by atoms with Gasteiger partial charge in [-0.2, -0.15) is 0 Å². The highest BCUT2D eigenvalue weighted by Crippen LogP contribution is 2.28. The van der Waals surface area contributed by atoms with Gasteiger partial charge >= 0.3 is 0 Å². The summed E-state index contributed by atoms with van der Waals surface area (Å²) in [5, 5.41) is 3.16. The molecule has 2 fully saturated rings. The van der Waals surface area contributed by atoms with Crippen LogP contribution in [0.4, 0.5) is 0 Å². The predicted molar refractivity (Wildman–Crippen MR) is 118 cm³/mol. The van der Waals surface area contributed by atoms with Gasteiger partial charge in [0, 0.05) is 51.8 Å². The second-order valence-corrected chi connectivity index (χ2v) is 9.34. The summed E-state index contributed by atoms with van der Waals surface area (Å²) in [6, 6.07) is 10.6. The van der Waals surface area contributed by atoms with Gasteiger partial charge < -0.3 is 15.0 Å². The summed E-state index contributed by atoms with van der Waals surface area (Å²) in [5.41, 5.74) is 1.31. The molecule has 0 spiro atoms. The second kappa shape index (κ2) is 10.4. The van der Waals surface area contributed by atoms with E-state index in [-0.39, 0.29) is 29.4 Å². The molecule has 166 valence electrons. The van der Waals surface area contributed by atoms with Crippen molar-refractivity contribution >= 4 is 11.8 Å². The smallest absolute Gasteiger partial charge is 0.251 e. The van der Waals surface area contributed by atoms with Gasteiger partial charge in [-0.3, -0.25) is 14.5 Å². The summed E-state index contributed by atoms with van der Waals surface area (Å²) < 4.78 is 5.52. The molecule has 2 aliphatic heterocycles. The zero-order valence-corrected chi connectivity index (χ0v) is 18.7. The lowest BCUT2D eigenvalue weighted by atomic mass is 9.79. The van der Waals surface area contributed by atoms with Crippen LogP contribution in [0.1, 0.15) is 52.0 Å². The molecule has 2 amide bonds. The monoisotopic (exact) mass is 415 g/mol. The third kappa shape index (κ3) is 6.29. The average molecular weight is 416 g/mol. The summed E-state index contributed by atoms with van der Waals surface area (Å²) in [6.45, 7) is 11.1. The molecule has 1 aromatic rings. The van der Waals surface area contributed by atoms with E-state index in [1.165, 1.54) is 5.56 Å². The Labute approximate surface area is 180 Å². The molecule has 1 aromatic carbocycles. The summed E-state index contributed by atoms with van der Waals surface area (Å²) in [4.78, 5) is 29.1. The van der Waals surface area contributed by atoms with Crippen molar-refractivity contribution in [2.24, 2.45) is 0 Å². The quantitative estimate of drug-likeness (QED) is 0.709. The minimum atomic E-state index is -0.232. The van der Waals surface area contributed by atoms with Gasteiger partial charge in [-0.05, 0) is 37.2 Å². The van der Waals surface area contributed by atoms with Crippen LogP contribution in [0.15, 0.2) is 30.3 Å². The van der Waals surface area contributed by atoms with E-state index in [9.17, 15) is 9.59 Å². The van der Waals surface area contributed by atoms with Gasteiger partial charge in [0.1, 0.15) is 6.10 Å². The Balaban J connectivity index is 1.35.